The monoisotopic (exact) mass is 104 g/mol. The number of nitrogens with two attached hydrogens (primary N) is 1. The second-order valence-corrected chi connectivity index (χ2v) is 1.20. The van der Waals surface area contributed by atoms with Crippen molar-refractivity contribution in [2.75, 3.05) is 26.9 Å². The molecule has 0 amide bonds. The van der Waals surface area contributed by atoms with E-state index in [4.69, 9.17) is 10.5 Å². The Morgan fingerprint density at radius 3 is 2.86 bits per heavy atom. The first-order chi connectivity index (χ1) is 3.41. The van der Waals surface area contributed by atoms with Crippen molar-refractivity contribution in [2.24, 2.45) is 5.73 Å². The zero-order valence-electron chi connectivity index (χ0n) is 4.61. The second-order valence-electron chi connectivity index (χ2n) is 1.20. The summed E-state index contributed by atoms with van der Waals surface area (Å²) >= 11 is 0. The zero-order chi connectivity index (χ0) is 5.54. The van der Waals surface area contributed by atoms with Gasteiger partial charge in [0, 0.05) is 20.3 Å². The van der Waals surface area contributed by atoms with Gasteiger partial charge in [0.2, 0.25) is 0 Å². The molecule has 0 radical (unpaired) electrons. The maximum Gasteiger partial charge on any atom is 0.0587 e. The third-order valence-electron chi connectivity index (χ3n) is 0.627. The van der Waals surface area contributed by atoms with Crippen LogP contribution in [0.4, 0.5) is 0 Å². The fraction of sp³-hybridized carbons (Fsp3) is 1.00. The van der Waals surface area contributed by atoms with Crippen molar-refractivity contribution in [3.05, 3.63) is 0 Å². The third-order valence-corrected chi connectivity index (χ3v) is 0.627. The van der Waals surface area contributed by atoms with E-state index >= 15 is 0 Å². The lowest BCUT2D eigenvalue weighted by molar-refractivity contribution is 0.200. The molecular formula is C4H12N2O. The summed E-state index contributed by atoms with van der Waals surface area (Å²) in [5, 5.41) is 2.90. The first kappa shape index (κ1) is 6.88. The van der Waals surface area contributed by atoms with Gasteiger partial charge in [-0.15, -0.1) is 0 Å². The number of methoxy groups -OCH3 is 1. The lowest BCUT2D eigenvalue weighted by Gasteiger charge is -1.96. The first-order valence-electron chi connectivity index (χ1n) is 2.31. The van der Waals surface area contributed by atoms with Gasteiger partial charge in [-0.2, -0.15) is 0 Å². The Bertz CT molecular complexity index is 28.9. The second kappa shape index (κ2) is 5.88. The first-order valence-corrected chi connectivity index (χ1v) is 2.31. The minimum atomic E-state index is 0.531. The van der Waals surface area contributed by atoms with Crippen LogP contribution < -0.4 is 11.1 Å². The molecule has 0 rings (SSSR count). The van der Waals surface area contributed by atoms with Gasteiger partial charge in [-0.3, -0.25) is 0 Å². The molecule has 0 saturated carbocycles. The maximum absolute atomic E-state index is 5.10. The molecule has 0 aliphatic rings. The van der Waals surface area contributed by atoms with Crippen LogP contribution in [0.2, 0.25) is 0 Å². The normalized spacial score (nSPS) is 9.43. The summed E-state index contributed by atoms with van der Waals surface area (Å²) in [5.41, 5.74) is 5.10. The maximum atomic E-state index is 5.10. The SMILES string of the molecule is COCCNCN. The molecule has 0 saturated heterocycles. The van der Waals surface area contributed by atoms with E-state index in [2.05, 4.69) is 5.32 Å². The van der Waals surface area contributed by atoms with Gasteiger partial charge in [0.05, 0.1) is 6.61 Å². The van der Waals surface area contributed by atoms with Crippen molar-refractivity contribution in [3.63, 3.8) is 0 Å². The molecule has 3 nitrogen and oxygen atoms in total. The summed E-state index contributed by atoms with van der Waals surface area (Å²) in [5.74, 6) is 0. The molecule has 0 atom stereocenters. The van der Waals surface area contributed by atoms with E-state index in [1.165, 1.54) is 0 Å². The Labute approximate surface area is 43.8 Å². The van der Waals surface area contributed by atoms with Gasteiger partial charge in [-0.1, -0.05) is 0 Å². The van der Waals surface area contributed by atoms with Crippen LogP contribution >= 0.6 is 0 Å². The number of hydrogen-bond donors (Lipinski definition) is 2. The topological polar surface area (TPSA) is 47.3 Å². The van der Waals surface area contributed by atoms with E-state index in [9.17, 15) is 0 Å². The molecule has 0 aliphatic carbocycles. The van der Waals surface area contributed by atoms with Crippen molar-refractivity contribution in [1.29, 1.82) is 0 Å². The third kappa shape index (κ3) is 5.88. The van der Waals surface area contributed by atoms with Gasteiger partial charge < -0.3 is 15.8 Å². The van der Waals surface area contributed by atoms with Gasteiger partial charge in [0.15, 0.2) is 0 Å². The lowest BCUT2D eigenvalue weighted by atomic mass is 10.7. The molecule has 0 aromatic rings. The highest BCUT2D eigenvalue weighted by Gasteiger charge is 1.76. The average Bonchev–Trinajstić information content (AvgIpc) is 1.69. The van der Waals surface area contributed by atoms with E-state index in [1.54, 1.807) is 7.11 Å². The van der Waals surface area contributed by atoms with Crippen LogP contribution in [0.5, 0.6) is 0 Å². The Morgan fingerprint density at radius 2 is 2.43 bits per heavy atom. The highest BCUT2D eigenvalue weighted by atomic mass is 16.5. The summed E-state index contributed by atoms with van der Waals surface area (Å²) in [4.78, 5) is 0. The molecule has 0 aromatic heterocycles. The van der Waals surface area contributed by atoms with Crippen molar-refractivity contribution in [1.82, 2.24) is 5.32 Å². The highest BCUT2D eigenvalue weighted by molar-refractivity contribution is 4.35. The van der Waals surface area contributed by atoms with Crippen LogP contribution in [0, 0.1) is 0 Å². The zero-order valence-corrected chi connectivity index (χ0v) is 4.61. The lowest BCUT2D eigenvalue weighted by Crippen LogP contribution is -2.25. The molecule has 0 heterocycles. The van der Waals surface area contributed by atoms with Crippen molar-refractivity contribution in [2.45, 2.75) is 0 Å². The fourth-order valence-corrected chi connectivity index (χ4v) is 0.276. The smallest absolute Gasteiger partial charge is 0.0587 e. The van der Waals surface area contributed by atoms with E-state index in [0.29, 0.717) is 6.67 Å². The number of rotatable bonds is 4. The Morgan fingerprint density at radius 1 is 1.71 bits per heavy atom. The Hall–Kier alpha value is -0.120. The number of ether oxygens (including phenoxy) is 1. The predicted molar refractivity (Wildman–Crippen MR) is 28.9 cm³/mol. The standard InChI is InChI=1S/C4H12N2O/c1-7-3-2-6-4-5/h6H,2-5H2,1H3. The highest BCUT2D eigenvalue weighted by Crippen LogP contribution is 1.58. The summed E-state index contributed by atoms with van der Waals surface area (Å²) in [6.45, 7) is 2.10. The van der Waals surface area contributed by atoms with Crippen LogP contribution in [0.3, 0.4) is 0 Å². The largest absolute Gasteiger partial charge is 0.383 e. The number of nitrogens with one attached hydrogen (secondary N) is 1. The van der Waals surface area contributed by atoms with Crippen LogP contribution in [0.25, 0.3) is 0 Å². The molecule has 0 aliphatic heterocycles. The van der Waals surface area contributed by atoms with Gasteiger partial charge in [-0.25, -0.2) is 0 Å². The van der Waals surface area contributed by atoms with Crippen LogP contribution in [0.1, 0.15) is 0 Å². The Kier molecular flexibility index (Phi) is 5.78. The van der Waals surface area contributed by atoms with E-state index in [1.807, 2.05) is 0 Å². The molecule has 0 aromatic carbocycles. The summed E-state index contributed by atoms with van der Waals surface area (Å²) in [6, 6.07) is 0. The molecule has 0 spiro atoms. The quantitative estimate of drug-likeness (QED) is 0.360. The molecule has 3 heteroatoms. The van der Waals surface area contributed by atoms with E-state index < -0.39 is 0 Å². The Balaban J connectivity index is 2.45. The molecular weight excluding hydrogens is 92.1 g/mol. The van der Waals surface area contributed by atoms with E-state index in [-0.39, 0.29) is 0 Å². The minimum Gasteiger partial charge on any atom is -0.383 e. The average molecular weight is 104 g/mol. The van der Waals surface area contributed by atoms with Crippen LogP contribution in [0.15, 0.2) is 0 Å². The van der Waals surface area contributed by atoms with Gasteiger partial charge >= 0.3 is 0 Å². The molecule has 0 fully saturated rings. The molecule has 44 valence electrons. The molecule has 0 bridgehead atoms. The predicted octanol–water partition coefficient (Wildman–Crippen LogP) is -0.861. The number of hydrogen-bond acceptors (Lipinski definition) is 3. The van der Waals surface area contributed by atoms with Gasteiger partial charge in [-0.05, 0) is 0 Å². The van der Waals surface area contributed by atoms with Crippen LogP contribution in [-0.4, -0.2) is 26.9 Å². The molecule has 0 unspecified atom stereocenters. The summed E-state index contributed by atoms with van der Waals surface area (Å²) in [7, 11) is 1.66. The summed E-state index contributed by atoms with van der Waals surface area (Å²) < 4.78 is 4.73. The van der Waals surface area contributed by atoms with Crippen molar-refractivity contribution >= 4 is 0 Å². The molecule has 3 N–H and O–H groups in total. The van der Waals surface area contributed by atoms with Crippen molar-refractivity contribution < 1.29 is 4.74 Å². The van der Waals surface area contributed by atoms with Crippen molar-refractivity contribution in [3.8, 4) is 0 Å². The fourth-order valence-electron chi connectivity index (χ4n) is 0.276. The minimum absolute atomic E-state index is 0.531. The van der Waals surface area contributed by atoms with Gasteiger partial charge in [0.1, 0.15) is 0 Å². The van der Waals surface area contributed by atoms with E-state index in [0.717, 1.165) is 13.2 Å². The molecule has 7 heavy (non-hydrogen) atoms. The van der Waals surface area contributed by atoms with Gasteiger partial charge in [0.25, 0.3) is 0 Å². The van der Waals surface area contributed by atoms with Crippen LogP contribution in [-0.2, 0) is 4.74 Å². The summed E-state index contributed by atoms with van der Waals surface area (Å²) in [6.07, 6.45) is 0.